The fourth-order valence-corrected chi connectivity index (χ4v) is 1.53. The van der Waals surface area contributed by atoms with E-state index in [4.69, 9.17) is 9.84 Å². The molecule has 0 radical (unpaired) electrons. The average molecular weight is 164 g/mol. The third kappa shape index (κ3) is 1.49. The highest BCUT2D eigenvalue weighted by atomic mass is 16.6. The van der Waals surface area contributed by atoms with Gasteiger partial charge in [-0.15, -0.1) is 0 Å². The van der Waals surface area contributed by atoms with Gasteiger partial charge in [-0.1, -0.05) is 30.3 Å². The van der Waals surface area contributed by atoms with E-state index in [-0.39, 0.29) is 6.10 Å². The van der Waals surface area contributed by atoms with Crippen molar-refractivity contribution in [3.63, 3.8) is 0 Å². The molecule has 0 bridgehead atoms. The van der Waals surface area contributed by atoms with Gasteiger partial charge in [0.1, 0.15) is 0 Å². The molecule has 1 aliphatic rings. The lowest BCUT2D eigenvalue weighted by Crippen LogP contribution is -2.03. The molecule has 12 heavy (non-hydrogen) atoms. The van der Waals surface area contributed by atoms with Crippen LogP contribution in [0, 0.1) is 0 Å². The van der Waals surface area contributed by atoms with Crippen LogP contribution < -0.4 is 0 Å². The van der Waals surface area contributed by atoms with Gasteiger partial charge in [0.2, 0.25) is 0 Å². The van der Waals surface area contributed by atoms with Crippen molar-refractivity contribution in [3.05, 3.63) is 35.9 Å². The zero-order chi connectivity index (χ0) is 8.39. The summed E-state index contributed by atoms with van der Waals surface area (Å²) in [5.74, 6) is 0. The second-order valence-corrected chi connectivity index (χ2v) is 3.07. The summed E-state index contributed by atoms with van der Waals surface area (Å²) < 4.78 is 5.30. The summed E-state index contributed by atoms with van der Waals surface area (Å²) in [5.41, 5.74) is 1.16. The fourth-order valence-electron chi connectivity index (χ4n) is 1.53. The van der Waals surface area contributed by atoms with Crippen molar-refractivity contribution in [1.29, 1.82) is 0 Å². The molecule has 0 spiro atoms. The molecule has 1 aromatic carbocycles. The third-order valence-electron chi connectivity index (χ3n) is 2.17. The minimum atomic E-state index is -0.560. The number of hydrogen-bond acceptors (Lipinski definition) is 2. The summed E-state index contributed by atoms with van der Waals surface area (Å²) >= 11 is 0. The van der Waals surface area contributed by atoms with Crippen LogP contribution >= 0.6 is 0 Å². The van der Waals surface area contributed by atoms with Crippen molar-refractivity contribution in [3.8, 4) is 0 Å². The minimum Gasteiger partial charge on any atom is -0.368 e. The molecule has 1 fully saturated rings. The Morgan fingerprint density at radius 1 is 1.17 bits per heavy atom. The molecule has 1 saturated heterocycles. The Balaban J connectivity index is 2.11. The minimum absolute atomic E-state index is 0.0983. The first-order valence-corrected chi connectivity index (χ1v) is 4.25. The quantitative estimate of drug-likeness (QED) is 0.686. The van der Waals surface area contributed by atoms with Crippen LogP contribution in [0.4, 0.5) is 0 Å². The van der Waals surface area contributed by atoms with E-state index in [1.807, 2.05) is 30.3 Å². The monoisotopic (exact) mass is 164 g/mol. The standard InChI is InChI=1S/C10H12O2/c11-10-7-6-9(12-10)8-4-2-1-3-5-8/h1-5,9-11H,6-7H2/t9?,10-/m0/s1. The summed E-state index contributed by atoms with van der Waals surface area (Å²) in [6.07, 6.45) is 1.21. The van der Waals surface area contributed by atoms with Gasteiger partial charge in [0.25, 0.3) is 0 Å². The Hall–Kier alpha value is -0.860. The van der Waals surface area contributed by atoms with Gasteiger partial charge in [-0.3, -0.25) is 0 Å². The Kier molecular flexibility index (Phi) is 2.11. The topological polar surface area (TPSA) is 29.5 Å². The van der Waals surface area contributed by atoms with Crippen LogP contribution in [-0.2, 0) is 4.74 Å². The van der Waals surface area contributed by atoms with Gasteiger partial charge in [-0.25, -0.2) is 0 Å². The largest absolute Gasteiger partial charge is 0.368 e. The number of aliphatic hydroxyl groups excluding tert-OH is 1. The molecule has 0 aliphatic carbocycles. The van der Waals surface area contributed by atoms with E-state index < -0.39 is 6.29 Å². The van der Waals surface area contributed by atoms with Gasteiger partial charge in [0.15, 0.2) is 6.29 Å². The zero-order valence-corrected chi connectivity index (χ0v) is 6.81. The Labute approximate surface area is 71.8 Å². The predicted molar refractivity (Wildman–Crippen MR) is 45.5 cm³/mol. The maximum atomic E-state index is 9.14. The van der Waals surface area contributed by atoms with E-state index in [0.29, 0.717) is 0 Å². The molecule has 2 heteroatoms. The average Bonchev–Trinajstić information content (AvgIpc) is 2.54. The van der Waals surface area contributed by atoms with Crippen LogP contribution in [0.1, 0.15) is 24.5 Å². The SMILES string of the molecule is O[C@@H]1CCC(c2ccccc2)O1. The van der Waals surface area contributed by atoms with Gasteiger partial charge < -0.3 is 9.84 Å². The number of benzene rings is 1. The number of aliphatic hydroxyl groups is 1. The van der Waals surface area contributed by atoms with Crippen molar-refractivity contribution in [2.75, 3.05) is 0 Å². The normalized spacial score (nSPS) is 29.1. The summed E-state index contributed by atoms with van der Waals surface area (Å²) in [5, 5.41) is 9.14. The lowest BCUT2D eigenvalue weighted by atomic mass is 10.1. The molecule has 1 N–H and O–H groups in total. The lowest BCUT2D eigenvalue weighted by molar-refractivity contribution is -0.0913. The highest BCUT2D eigenvalue weighted by Crippen LogP contribution is 2.30. The summed E-state index contributed by atoms with van der Waals surface area (Å²) in [7, 11) is 0. The van der Waals surface area contributed by atoms with E-state index in [1.54, 1.807) is 0 Å². The van der Waals surface area contributed by atoms with E-state index in [0.717, 1.165) is 18.4 Å². The highest BCUT2D eigenvalue weighted by Gasteiger charge is 2.23. The van der Waals surface area contributed by atoms with E-state index in [9.17, 15) is 0 Å². The van der Waals surface area contributed by atoms with Crippen LogP contribution in [0.15, 0.2) is 30.3 Å². The molecule has 1 aliphatic heterocycles. The highest BCUT2D eigenvalue weighted by molar-refractivity contribution is 5.18. The van der Waals surface area contributed by atoms with Crippen molar-refractivity contribution in [2.24, 2.45) is 0 Å². The Morgan fingerprint density at radius 2 is 1.92 bits per heavy atom. The van der Waals surface area contributed by atoms with E-state index in [1.165, 1.54) is 0 Å². The van der Waals surface area contributed by atoms with Gasteiger partial charge >= 0.3 is 0 Å². The first-order valence-electron chi connectivity index (χ1n) is 4.25. The summed E-state index contributed by atoms with van der Waals surface area (Å²) in [6.45, 7) is 0. The lowest BCUT2D eigenvalue weighted by Gasteiger charge is -2.09. The van der Waals surface area contributed by atoms with Crippen LogP contribution in [0.5, 0.6) is 0 Å². The van der Waals surface area contributed by atoms with Gasteiger partial charge in [-0.05, 0) is 12.0 Å². The summed E-state index contributed by atoms with van der Waals surface area (Å²) in [6, 6.07) is 10.0. The third-order valence-corrected chi connectivity index (χ3v) is 2.17. The summed E-state index contributed by atoms with van der Waals surface area (Å²) in [4.78, 5) is 0. The molecule has 0 aromatic heterocycles. The molecule has 0 saturated carbocycles. The fraction of sp³-hybridized carbons (Fsp3) is 0.400. The van der Waals surface area contributed by atoms with Crippen molar-refractivity contribution in [1.82, 2.24) is 0 Å². The molecule has 1 aromatic rings. The zero-order valence-electron chi connectivity index (χ0n) is 6.81. The first-order chi connectivity index (χ1) is 5.86. The van der Waals surface area contributed by atoms with Crippen molar-refractivity contribution >= 4 is 0 Å². The maximum absolute atomic E-state index is 9.14. The molecule has 64 valence electrons. The molecule has 2 nitrogen and oxygen atoms in total. The van der Waals surface area contributed by atoms with Crippen LogP contribution in [-0.4, -0.2) is 11.4 Å². The van der Waals surface area contributed by atoms with E-state index >= 15 is 0 Å². The number of ether oxygens (including phenoxy) is 1. The van der Waals surface area contributed by atoms with Crippen LogP contribution in [0.3, 0.4) is 0 Å². The van der Waals surface area contributed by atoms with Gasteiger partial charge in [0.05, 0.1) is 6.10 Å². The second kappa shape index (κ2) is 3.25. The molecule has 2 rings (SSSR count). The Bertz CT molecular complexity index is 245. The molecule has 1 unspecified atom stereocenters. The van der Waals surface area contributed by atoms with Crippen molar-refractivity contribution in [2.45, 2.75) is 25.2 Å². The molecular formula is C10H12O2. The predicted octanol–water partition coefficient (Wildman–Crippen LogP) is 1.86. The van der Waals surface area contributed by atoms with Gasteiger partial charge in [0, 0.05) is 6.42 Å². The molecule has 0 amide bonds. The molecule has 2 atom stereocenters. The first kappa shape index (κ1) is 7.77. The van der Waals surface area contributed by atoms with E-state index in [2.05, 4.69) is 0 Å². The van der Waals surface area contributed by atoms with Crippen LogP contribution in [0.25, 0.3) is 0 Å². The smallest absolute Gasteiger partial charge is 0.155 e. The second-order valence-electron chi connectivity index (χ2n) is 3.07. The Morgan fingerprint density at radius 3 is 2.50 bits per heavy atom. The number of hydrogen-bond donors (Lipinski definition) is 1. The van der Waals surface area contributed by atoms with Crippen molar-refractivity contribution < 1.29 is 9.84 Å². The number of rotatable bonds is 1. The van der Waals surface area contributed by atoms with Crippen LogP contribution in [0.2, 0.25) is 0 Å². The molecule has 1 heterocycles. The molecular weight excluding hydrogens is 152 g/mol. The van der Waals surface area contributed by atoms with Gasteiger partial charge in [-0.2, -0.15) is 0 Å². The maximum Gasteiger partial charge on any atom is 0.155 e.